The van der Waals surface area contributed by atoms with Crippen molar-refractivity contribution >= 4 is 27.5 Å². The Labute approximate surface area is 175 Å². The van der Waals surface area contributed by atoms with Crippen LogP contribution in [-0.4, -0.2) is 42.3 Å². The molecule has 1 aliphatic carbocycles. The number of benzene rings is 1. The molecule has 152 valence electrons. The third kappa shape index (κ3) is 3.38. The number of rotatable bonds is 3. The molecule has 5 rings (SSSR count). The van der Waals surface area contributed by atoms with E-state index in [1.807, 2.05) is 34.9 Å². The number of hydrogen-bond acceptors (Lipinski definition) is 4. The summed E-state index contributed by atoms with van der Waals surface area (Å²) in [5.41, 5.74) is 2.30. The molecule has 1 fully saturated rings. The minimum Gasteiger partial charge on any atom is -0.332 e. The average Bonchev–Trinajstić information content (AvgIpc) is 2.96. The molecule has 1 N–H and O–H groups in total. The van der Waals surface area contributed by atoms with Crippen LogP contribution in [0.25, 0.3) is 15.9 Å². The molecule has 2 aromatic heterocycles. The van der Waals surface area contributed by atoms with E-state index in [2.05, 4.69) is 11.8 Å². The second-order valence-corrected chi connectivity index (χ2v) is 9.31. The van der Waals surface area contributed by atoms with Crippen molar-refractivity contribution in [3.05, 3.63) is 51.1 Å². The van der Waals surface area contributed by atoms with Crippen molar-refractivity contribution in [3.63, 3.8) is 0 Å². The molecule has 3 aromatic rings. The summed E-state index contributed by atoms with van der Waals surface area (Å²) in [5.74, 6) is 0.820. The maximum absolute atomic E-state index is 13.9. The molecule has 2 aliphatic rings. The normalized spacial score (nSPS) is 18.0. The Bertz CT molecular complexity index is 1060. The summed E-state index contributed by atoms with van der Waals surface area (Å²) in [7, 11) is 0. The van der Waals surface area contributed by atoms with Gasteiger partial charge >= 0.3 is 0 Å². The highest BCUT2D eigenvalue weighted by molar-refractivity contribution is 7.18. The van der Waals surface area contributed by atoms with Gasteiger partial charge < -0.3 is 9.80 Å². The zero-order valence-corrected chi connectivity index (χ0v) is 17.9. The highest BCUT2D eigenvalue weighted by Gasteiger charge is 2.27. The Morgan fingerprint density at radius 2 is 1.83 bits per heavy atom. The number of fused-ring (bicyclic) bond motifs is 3. The molecule has 0 radical (unpaired) electrons. The number of likely N-dealkylation sites (N-methyl/N-ethyl adjacent to an activating group) is 1. The Morgan fingerprint density at radius 1 is 1.07 bits per heavy atom. The molecule has 3 heterocycles. The maximum Gasteiger partial charge on any atom is 0.268 e. The van der Waals surface area contributed by atoms with Gasteiger partial charge in [0.25, 0.3) is 5.56 Å². The molecular formula is C23H29N4OS+. The number of para-hydroxylation sites is 1. The van der Waals surface area contributed by atoms with Crippen molar-refractivity contribution in [1.29, 1.82) is 0 Å². The number of aromatic nitrogens is 2. The van der Waals surface area contributed by atoms with Gasteiger partial charge in [-0.15, -0.1) is 11.3 Å². The van der Waals surface area contributed by atoms with Crippen LogP contribution in [0, 0.1) is 0 Å². The van der Waals surface area contributed by atoms with Gasteiger partial charge in [-0.2, -0.15) is 0 Å². The first kappa shape index (κ1) is 18.8. The molecule has 1 aromatic carbocycles. The van der Waals surface area contributed by atoms with Crippen molar-refractivity contribution in [3.8, 4) is 5.69 Å². The fourth-order valence-corrected chi connectivity index (χ4v) is 6.02. The molecule has 0 unspecified atom stereocenters. The van der Waals surface area contributed by atoms with Gasteiger partial charge in [0.05, 0.1) is 43.8 Å². The summed E-state index contributed by atoms with van der Waals surface area (Å²) in [5, 5.41) is 0.873. The number of hydrogen-bond donors (Lipinski definition) is 1. The number of nitrogens with one attached hydrogen (secondary N) is 1. The standard InChI is InChI=1S/C23H28N4OS/c1-2-25-13-15-26(16-14-25)23-24-21-20(18-11-7-4-8-12-19(18)29-21)22(28)27(23)17-9-5-3-6-10-17/h3,5-6,9-10H,2,4,7-8,11-16H2,1H3/p+1. The van der Waals surface area contributed by atoms with Crippen molar-refractivity contribution < 1.29 is 4.90 Å². The summed E-state index contributed by atoms with van der Waals surface area (Å²) < 4.78 is 1.87. The first-order valence-corrected chi connectivity index (χ1v) is 11.8. The maximum atomic E-state index is 13.9. The van der Waals surface area contributed by atoms with E-state index < -0.39 is 0 Å². The fraction of sp³-hybridized carbons (Fsp3) is 0.478. The van der Waals surface area contributed by atoms with Gasteiger partial charge in [0, 0.05) is 4.88 Å². The lowest BCUT2D eigenvalue weighted by Gasteiger charge is -2.33. The van der Waals surface area contributed by atoms with Crippen LogP contribution in [0.4, 0.5) is 5.95 Å². The summed E-state index contributed by atoms with van der Waals surface area (Å²) in [6.45, 7) is 7.48. The highest BCUT2D eigenvalue weighted by atomic mass is 32.1. The Balaban J connectivity index is 1.70. The highest BCUT2D eigenvalue weighted by Crippen LogP contribution is 2.34. The van der Waals surface area contributed by atoms with Crippen LogP contribution in [0.1, 0.15) is 36.6 Å². The number of quaternary nitrogens is 1. The molecule has 29 heavy (non-hydrogen) atoms. The first-order valence-electron chi connectivity index (χ1n) is 11.0. The molecule has 6 heteroatoms. The summed E-state index contributed by atoms with van der Waals surface area (Å²) >= 11 is 1.76. The number of thiophene rings is 1. The zero-order valence-electron chi connectivity index (χ0n) is 17.1. The van der Waals surface area contributed by atoms with Crippen LogP contribution in [0.15, 0.2) is 35.1 Å². The third-order valence-electron chi connectivity index (χ3n) is 6.49. The average molecular weight is 410 g/mol. The second kappa shape index (κ2) is 7.92. The van der Waals surface area contributed by atoms with Crippen LogP contribution in [0.2, 0.25) is 0 Å². The predicted octanol–water partition coefficient (Wildman–Crippen LogP) is 2.44. The largest absolute Gasteiger partial charge is 0.332 e. The molecule has 0 bridgehead atoms. The minimum atomic E-state index is 0.112. The lowest BCUT2D eigenvalue weighted by Crippen LogP contribution is -3.14. The first-order chi connectivity index (χ1) is 14.3. The summed E-state index contributed by atoms with van der Waals surface area (Å²) in [6.07, 6.45) is 5.76. The van der Waals surface area contributed by atoms with E-state index in [-0.39, 0.29) is 5.56 Å². The van der Waals surface area contributed by atoms with Crippen LogP contribution in [0.3, 0.4) is 0 Å². The van der Waals surface area contributed by atoms with E-state index in [0.29, 0.717) is 0 Å². The second-order valence-electron chi connectivity index (χ2n) is 8.22. The molecule has 5 nitrogen and oxygen atoms in total. The molecule has 1 aliphatic heterocycles. The van der Waals surface area contributed by atoms with Gasteiger partial charge in [-0.1, -0.05) is 24.6 Å². The van der Waals surface area contributed by atoms with E-state index in [1.165, 1.54) is 29.7 Å². The minimum absolute atomic E-state index is 0.112. The van der Waals surface area contributed by atoms with E-state index >= 15 is 0 Å². The van der Waals surface area contributed by atoms with Crippen molar-refractivity contribution in [2.45, 2.75) is 39.0 Å². The van der Waals surface area contributed by atoms with Gasteiger partial charge in [0.2, 0.25) is 5.95 Å². The van der Waals surface area contributed by atoms with Gasteiger partial charge in [0.15, 0.2) is 0 Å². The lowest BCUT2D eigenvalue weighted by atomic mass is 10.1. The van der Waals surface area contributed by atoms with Crippen LogP contribution in [-0.2, 0) is 12.8 Å². The summed E-state index contributed by atoms with van der Waals surface area (Å²) in [4.78, 5) is 25.2. The Morgan fingerprint density at radius 3 is 2.59 bits per heavy atom. The number of piperazine rings is 1. The van der Waals surface area contributed by atoms with E-state index in [0.717, 1.165) is 67.4 Å². The molecule has 1 saturated heterocycles. The quantitative estimate of drug-likeness (QED) is 0.676. The van der Waals surface area contributed by atoms with Gasteiger partial charge in [-0.05, 0) is 50.3 Å². The third-order valence-corrected chi connectivity index (χ3v) is 7.67. The van der Waals surface area contributed by atoms with Crippen molar-refractivity contribution in [2.24, 2.45) is 0 Å². The Hall–Kier alpha value is -2.18. The van der Waals surface area contributed by atoms with Crippen LogP contribution in [0.5, 0.6) is 0 Å². The zero-order chi connectivity index (χ0) is 19.8. The van der Waals surface area contributed by atoms with Gasteiger partial charge in [-0.25, -0.2) is 9.55 Å². The van der Waals surface area contributed by atoms with Gasteiger partial charge in [-0.3, -0.25) is 4.79 Å². The molecule has 0 amide bonds. The van der Waals surface area contributed by atoms with E-state index in [4.69, 9.17) is 4.98 Å². The smallest absolute Gasteiger partial charge is 0.268 e. The lowest BCUT2D eigenvalue weighted by molar-refractivity contribution is -0.898. The predicted molar refractivity (Wildman–Crippen MR) is 120 cm³/mol. The molecular weight excluding hydrogens is 380 g/mol. The summed E-state index contributed by atoms with van der Waals surface area (Å²) in [6, 6.07) is 10.1. The van der Waals surface area contributed by atoms with Crippen molar-refractivity contribution in [2.75, 3.05) is 37.6 Å². The molecule has 0 atom stereocenters. The number of aryl methyl sites for hydroxylation is 2. The van der Waals surface area contributed by atoms with Crippen LogP contribution >= 0.6 is 11.3 Å². The molecule has 0 spiro atoms. The van der Waals surface area contributed by atoms with Crippen molar-refractivity contribution in [1.82, 2.24) is 9.55 Å². The fourth-order valence-electron chi connectivity index (χ4n) is 4.77. The van der Waals surface area contributed by atoms with Gasteiger partial charge in [0.1, 0.15) is 4.83 Å². The Kier molecular flexibility index (Phi) is 5.14. The molecule has 0 saturated carbocycles. The number of anilines is 1. The monoisotopic (exact) mass is 409 g/mol. The topological polar surface area (TPSA) is 42.6 Å². The number of nitrogens with zero attached hydrogens (tertiary/aromatic N) is 3. The van der Waals surface area contributed by atoms with E-state index in [9.17, 15) is 4.79 Å². The van der Waals surface area contributed by atoms with Crippen LogP contribution < -0.4 is 15.4 Å². The SMILES string of the molecule is CC[NH+]1CCN(c2nc3sc4c(c3c(=O)n2-c2ccccc2)CCCCC4)CC1. The van der Waals surface area contributed by atoms with E-state index in [1.54, 1.807) is 16.2 Å².